The smallest absolute Gasteiger partial charge is 0.241 e. The van der Waals surface area contributed by atoms with Crippen LogP contribution in [-0.2, 0) is 11.3 Å². The molecule has 6 nitrogen and oxygen atoms in total. The van der Waals surface area contributed by atoms with Gasteiger partial charge in [-0.15, -0.1) is 0 Å². The molecule has 1 aliphatic rings. The van der Waals surface area contributed by atoms with Crippen LogP contribution in [-0.4, -0.2) is 40.3 Å². The number of para-hydroxylation sites is 1. The number of aromatic nitrogens is 3. The van der Waals surface area contributed by atoms with E-state index >= 15 is 0 Å². The van der Waals surface area contributed by atoms with E-state index in [2.05, 4.69) is 15.4 Å². The molecule has 1 saturated heterocycles. The number of hydrogen-bond acceptors (Lipinski definition) is 4. The number of pyridine rings is 1. The number of hydrogen-bond donors (Lipinski definition) is 1. The van der Waals surface area contributed by atoms with E-state index in [-0.39, 0.29) is 18.3 Å². The number of rotatable bonds is 5. The fraction of sp³-hybridized carbons (Fsp3) is 0.350. The number of carbonyl (C=O) groups is 1. The molecule has 1 fully saturated rings. The Morgan fingerprint density at radius 1 is 1.19 bits per heavy atom. The molecule has 0 unspecified atom stereocenters. The minimum Gasteiger partial charge on any atom is -0.369 e. The van der Waals surface area contributed by atoms with Crippen LogP contribution in [0, 0.1) is 11.7 Å². The molecule has 3 aromatic rings. The van der Waals surface area contributed by atoms with E-state index in [4.69, 9.17) is 0 Å². The fourth-order valence-electron chi connectivity index (χ4n) is 3.60. The maximum atomic E-state index is 13.8. The Labute approximate surface area is 157 Å². The Morgan fingerprint density at radius 3 is 2.81 bits per heavy atom. The van der Waals surface area contributed by atoms with Gasteiger partial charge in [0.2, 0.25) is 5.91 Å². The number of fused-ring (bicyclic) bond motifs is 1. The van der Waals surface area contributed by atoms with Crippen molar-refractivity contribution < 1.29 is 9.18 Å². The van der Waals surface area contributed by atoms with Gasteiger partial charge in [-0.2, -0.15) is 5.10 Å². The summed E-state index contributed by atoms with van der Waals surface area (Å²) in [4.78, 5) is 18.1. The van der Waals surface area contributed by atoms with Crippen molar-refractivity contribution in [3.05, 3.63) is 54.7 Å². The average Bonchev–Trinajstić information content (AvgIpc) is 3.10. The van der Waals surface area contributed by atoms with Crippen molar-refractivity contribution in [3.63, 3.8) is 0 Å². The molecule has 27 heavy (non-hydrogen) atoms. The molecule has 1 aromatic carbocycles. The number of halogens is 1. The third kappa shape index (κ3) is 3.92. The maximum Gasteiger partial charge on any atom is 0.241 e. The zero-order chi connectivity index (χ0) is 18.6. The van der Waals surface area contributed by atoms with Gasteiger partial charge in [0.25, 0.3) is 0 Å². The van der Waals surface area contributed by atoms with Gasteiger partial charge in [-0.05, 0) is 30.9 Å². The van der Waals surface area contributed by atoms with E-state index < -0.39 is 0 Å². The van der Waals surface area contributed by atoms with E-state index in [0.29, 0.717) is 18.2 Å². The summed E-state index contributed by atoms with van der Waals surface area (Å²) >= 11 is 0. The van der Waals surface area contributed by atoms with Gasteiger partial charge in [0.15, 0.2) is 5.82 Å². The molecule has 0 saturated carbocycles. The van der Waals surface area contributed by atoms with Crippen LogP contribution in [0.1, 0.15) is 12.8 Å². The molecule has 0 aliphatic carbocycles. The summed E-state index contributed by atoms with van der Waals surface area (Å²) in [5, 5.41) is 8.34. The molecule has 1 N–H and O–H groups in total. The Kier molecular flexibility index (Phi) is 5.00. The maximum absolute atomic E-state index is 13.8. The molecule has 1 amide bonds. The van der Waals surface area contributed by atoms with Gasteiger partial charge >= 0.3 is 0 Å². The van der Waals surface area contributed by atoms with E-state index in [1.54, 1.807) is 23.1 Å². The highest BCUT2D eigenvalue weighted by Crippen LogP contribution is 2.24. The lowest BCUT2D eigenvalue weighted by atomic mass is 9.96. The van der Waals surface area contributed by atoms with Crippen LogP contribution in [0.3, 0.4) is 0 Å². The number of nitrogens with zero attached hydrogens (tertiary/aromatic N) is 4. The fourth-order valence-corrected chi connectivity index (χ4v) is 3.60. The molecule has 2 aromatic heterocycles. The van der Waals surface area contributed by atoms with Crippen molar-refractivity contribution in [2.75, 3.05) is 24.5 Å². The predicted octanol–water partition coefficient (Wildman–Crippen LogP) is 2.60. The first kappa shape index (κ1) is 17.5. The summed E-state index contributed by atoms with van der Waals surface area (Å²) < 4.78 is 15.6. The topological polar surface area (TPSA) is 63.1 Å². The molecule has 0 spiro atoms. The first-order valence-electron chi connectivity index (χ1n) is 9.22. The van der Waals surface area contributed by atoms with Crippen LogP contribution in [0.2, 0.25) is 0 Å². The zero-order valence-electron chi connectivity index (χ0n) is 15.0. The minimum atomic E-state index is -0.282. The Balaban J connectivity index is 1.26. The van der Waals surface area contributed by atoms with Gasteiger partial charge in [0.05, 0.1) is 23.6 Å². The molecular formula is C20H22FN5O. The second-order valence-corrected chi connectivity index (χ2v) is 6.92. The molecule has 1 aliphatic heterocycles. The van der Waals surface area contributed by atoms with Crippen LogP contribution >= 0.6 is 0 Å². The zero-order valence-corrected chi connectivity index (χ0v) is 15.0. The van der Waals surface area contributed by atoms with Gasteiger partial charge in [0, 0.05) is 31.2 Å². The van der Waals surface area contributed by atoms with E-state index in [1.165, 1.54) is 6.20 Å². The Hall–Kier alpha value is -2.96. The van der Waals surface area contributed by atoms with Crippen molar-refractivity contribution in [2.24, 2.45) is 5.92 Å². The molecule has 140 valence electrons. The van der Waals surface area contributed by atoms with Crippen LogP contribution < -0.4 is 10.2 Å². The second-order valence-electron chi connectivity index (χ2n) is 6.92. The normalized spacial score (nSPS) is 15.2. The monoisotopic (exact) mass is 367 g/mol. The lowest BCUT2D eigenvalue weighted by Crippen LogP contribution is -2.39. The van der Waals surface area contributed by atoms with Crippen molar-refractivity contribution >= 4 is 22.5 Å². The first-order chi connectivity index (χ1) is 13.2. The Morgan fingerprint density at radius 2 is 2.00 bits per heavy atom. The second kappa shape index (κ2) is 7.73. The summed E-state index contributed by atoms with van der Waals surface area (Å²) in [6.07, 6.45) is 6.49. The molecule has 0 atom stereocenters. The number of benzene rings is 1. The SMILES string of the molecule is O=C(Cn1ncc2ccccc21)NCC1CCN(c2ccncc2F)CC1. The third-order valence-corrected chi connectivity index (χ3v) is 5.14. The number of piperidine rings is 1. The lowest BCUT2D eigenvalue weighted by Gasteiger charge is -2.33. The number of carbonyl (C=O) groups excluding carboxylic acids is 1. The van der Waals surface area contributed by atoms with Gasteiger partial charge in [-0.3, -0.25) is 14.5 Å². The number of nitrogens with one attached hydrogen (secondary N) is 1. The van der Waals surface area contributed by atoms with E-state index in [1.807, 2.05) is 29.2 Å². The van der Waals surface area contributed by atoms with E-state index in [9.17, 15) is 9.18 Å². The summed E-state index contributed by atoms with van der Waals surface area (Å²) in [6, 6.07) is 9.56. The molecule has 0 bridgehead atoms. The van der Waals surface area contributed by atoms with Crippen LogP contribution in [0.15, 0.2) is 48.9 Å². The van der Waals surface area contributed by atoms with Gasteiger partial charge in [-0.1, -0.05) is 18.2 Å². The molecule has 0 radical (unpaired) electrons. The quantitative estimate of drug-likeness (QED) is 0.753. The molecular weight excluding hydrogens is 345 g/mol. The largest absolute Gasteiger partial charge is 0.369 e. The van der Waals surface area contributed by atoms with Gasteiger partial charge < -0.3 is 10.2 Å². The highest BCUT2D eigenvalue weighted by Gasteiger charge is 2.21. The highest BCUT2D eigenvalue weighted by molar-refractivity contribution is 5.81. The summed E-state index contributed by atoms with van der Waals surface area (Å²) in [6.45, 7) is 2.43. The number of anilines is 1. The predicted molar refractivity (Wildman–Crippen MR) is 102 cm³/mol. The van der Waals surface area contributed by atoms with Crippen molar-refractivity contribution in [1.82, 2.24) is 20.1 Å². The van der Waals surface area contributed by atoms with Gasteiger partial charge in [0.1, 0.15) is 6.54 Å². The van der Waals surface area contributed by atoms with Gasteiger partial charge in [-0.25, -0.2) is 4.39 Å². The van der Waals surface area contributed by atoms with Crippen LogP contribution in [0.4, 0.5) is 10.1 Å². The molecule has 7 heteroatoms. The highest BCUT2D eigenvalue weighted by atomic mass is 19.1. The molecule has 3 heterocycles. The summed E-state index contributed by atoms with van der Waals surface area (Å²) in [5.41, 5.74) is 1.57. The minimum absolute atomic E-state index is 0.0357. The van der Waals surface area contributed by atoms with Crippen molar-refractivity contribution in [1.29, 1.82) is 0 Å². The van der Waals surface area contributed by atoms with Crippen LogP contribution in [0.25, 0.3) is 10.9 Å². The standard InChI is InChI=1S/C20H22FN5O/c21-17-13-22-8-5-19(17)25-9-6-15(7-10-25)11-23-20(27)14-26-18-4-2-1-3-16(18)12-24-26/h1-5,8,12-13,15H,6-7,9-11,14H2,(H,23,27). The third-order valence-electron chi connectivity index (χ3n) is 5.14. The lowest BCUT2D eigenvalue weighted by molar-refractivity contribution is -0.122. The summed E-state index contributed by atoms with van der Waals surface area (Å²) in [5.74, 6) is 0.0895. The average molecular weight is 367 g/mol. The van der Waals surface area contributed by atoms with Crippen LogP contribution in [0.5, 0.6) is 0 Å². The first-order valence-corrected chi connectivity index (χ1v) is 9.22. The molecule has 4 rings (SSSR count). The van der Waals surface area contributed by atoms with Crippen molar-refractivity contribution in [3.8, 4) is 0 Å². The van der Waals surface area contributed by atoms with Crippen molar-refractivity contribution in [2.45, 2.75) is 19.4 Å². The Bertz CT molecular complexity index is 933. The summed E-state index contributed by atoms with van der Waals surface area (Å²) in [7, 11) is 0. The van der Waals surface area contributed by atoms with E-state index in [0.717, 1.165) is 36.8 Å². The number of amides is 1.